The van der Waals surface area contributed by atoms with Crippen molar-refractivity contribution >= 4 is 21.8 Å². The van der Waals surface area contributed by atoms with Gasteiger partial charge in [0.25, 0.3) is 0 Å². The minimum absolute atomic E-state index is 0.0876. The molecule has 1 atom stereocenters. The first-order valence-corrected chi connectivity index (χ1v) is 11.9. The average molecular weight is 445 g/mol. The predicted molar refractivity (Wildman–Crippen MR) is 124 cm³/mol. The maximum atomic E-state index is 13.0. The molecule has 5 N–H and O–H groups in total. The quantitative estimate of drug-likeness (QED) is 0.314. The highest BCUT2D eigenvalue weighted by Crippen LogP contribution is 2.14. The summed E-state index contributed by atoms with van der Waals surface area (Å²) in [6.07, 6.45) is 1.99. The number of hydrogen-bond acceptors (Lipinski definition) is 4. The summed E-state index contributed by atoms with van der Waals surface area (Å²) >= 11 is 0. The van der Waals surface area contributed by atoms with Gasteiger partial charge in [0.05, 0.1) is 4.90 Å². The van der Waals surface area contributed by atoms with E-state index in [1.807, 2.05) is 13.8 Å². The second kappa shape index (κ2) is 11.1. The smallest absolute Gasteiger partial charge is 0.241 e. The number of hydrogen-bond donors (Lipinski definition) is 4. The van der Waals surface area contributed by atoms with Crippen molar-refractivity contribution < 1.29 is 13.2 Å². The second-order valence-electron chi connectivity index (χ2n) is 8.02. The van der Waals surface area contributed by atoms with E-state index >= 15 is 0 Å². The maximum absolute atomic E-state index is 13.0. The molecule has 1 amide bonds. The van der Waals surface area contributed by atoms with Crippen LogP contribution in [-0.4, -0.2) is 32.7 Å². The summed E-state index contributed by atoms with van der Waals surface area (Å²) in [4.78, 5) is 12.9. The van der Waals surface area contributed by atoms with E-state index in [0.717, 1.165) is 18.4 Å². The number of amides is 1. The third-order valence-corrected chi connectivity index (χ3v) is 6.24. The molecule has 7 nitrogen and oxygen atoms in total. The zero-order chi connectivity index (χ0) is 23.0. The van der Waals surface area contributed by atoms with Gasteiger partial charge in [-0.2, -0.15) is 4.72 Å². The number of nitrogens with two attached hydrogens (primary N) is 1. The fourth-order valence-corrected chi connectivity index (χ4v) is 4.29. The Kier molecular flexibility index (Phi) is 8.76. The van der Waals surface area contributed by atoms with E-state index in [1.54, 1.807) is 48.5 Å². The standard InChI is InChI=1S/C23H32N4O3S/c1-4-6-17-9-11-20(12-10-17)31(29,30)27-21(23(28)26-15-16(2)3)14-18-7-5-8-19(13-18)22(24)25/h5,7-13,16,21,27H,4,6,14-15H2,1-3H3,(H3,24,25)(H,26,28)/t21-/m0/s1. The van der Waals surface area contributed by atoms with Crippen LogP contribution in [0.15, 0.2) is 53.4 Å². The molecule has 8 heteroatoms. The number of nitrogen functional groups attached to an aromatic ring is 1. The monoisotopic (exact) mass is 444 g/mol. The second-order valence-corrected chi connectivity index (χ2v) is 9.74. The molecule has 0 fully saturated rings. The normalized spacial score (nSPS) is 12.5. The lowest BCUT2D eigenvalue weighted by Crippen LogP contribution is -2.48. The molecule has 2 aromatic carbocycles. The topological polar surface area (TPSA) is 125 Å². The molecule has 2 aromatic rings. The van der Waals surface area contributed by atoms with Gasteiger partial charge >= 0.3 is 0 Å². The van der Waals surface area contributed by atoms with Gasteiger partial charge in [-0.25, -0.2) is 8.42 Å². The van der Waals surface area contributed by atoms with Crippen LogP contribution in [0.2, 0.25) is 0 Å². The van der Waals surface area contributed by atoms with E-state index in [1.165, 1.54) is 0 Å². The number of aryl methyl sites for hydroxylation is 1. The molecule has 0 aliphatic rings. The Bertz CT molecular complexity index is 1000. The van der Waals surface area contributed by atoms with Crippen LogP contribution in [0.1, 0.15) is 43.9 Å². The largest absolute Gasteiger partial charge is 0.384 e. The van der Waals surface area contributed by atoms with Gasteiger partial charge in [-0.3, -0.25) is 10.2 Å². The van der Waals surface area contributed by atoms with Gasteiger partial charge in [-0.15, -0.1) is 0 Å². The Balaban J connectivity index is 2.27. The first-order valence-electron chi connectivity index (χ1n) is 10.4. The third kappa shape index (κ3) is 7.48. The molecule has 0 unspecified atom stereocenters. The van der Waals surface area contributed by atoms with Crippen LogP contribution in [0.4, 0.5) is 0 Å². The molecule has 2 rings (SSSR count). The van der Waals surface area contributed by atoms with Crippen molar-refractivity contribution in [2.45, 2.75) is 51.0 Å². The fourth-order valence-electron chi connectivity index (χ4n) is 3.10. The minimum Gasteiger partial charge on any atom is -0.384 e. The Labute approximate surface area is 185 Å². The van der Waals surface area contributed by atoms with Crippen molar-refractivity contribution in [3.05, 3.63) is 65.2 Å². The Morgan fingerprint density at radius 2 is 1.77 bits per heavy atom. The van der Waals surface area contributed by atoms with E-state index in [-0.39, 0.29) is 23.1 Å². The van der Waals surface area contributed by atoms with E-state index < -0.39 is 22.0 Å². The molecule has 0 saturated heterocycles. The highest BCUT2D eigenvalue weighted by atomic mass is 32.2. The predicted octanol–water partition coefficient (Wildman–Crippen LogP) is 2.58. The fraction of sp³-hybridized carbons (Fsp3) is 0.391. The molecule has 0 heterocycles. The maximum Gasteiger partial charge on any atom is 0.241 e. The summed E-state index contributed by atoms with van der Waals surface area (Å²) in [5, 5.41) is 10.4. The van der Waals surface area contributed by atoms with E-state index in [2.05, 4.69) is 17.0 Å². The molecule has 31 heavy (non-hydrogen) atoms. The van der Waals surface area contributed by atoms with Gasteiger partial charge in [0, 0.05) is 12.1 Å². The van der Waals surface area contributed by atoms with Crippen molar-refractivity contribution in [1.29, 1.82) is 5.41 Å². The van der Waals surface area contributed by atoms with Crippen LogP contribution in [0.5, 0.6) is 0 Å². The summed E-state index contributed by atoms with van der Waals surface area (Å²) in [6.45, 7) is 6.44. The van der Waals surface area contributed by atoms with Crippen LogP contribution in [0.25, 0.3) is 0 Å². The van der Waals surface area contributed by atoms with E-state index in [4.69, 9.17) is 11.1 Å². The molecule has 0 spiro atoms. The lowest BCUT2D eigenvalue weighted by molar-refractivity contribution is -0.122. The zero-order valence-electron chi connectivity index (χ0n) is 18.3. The van der Waals surface area contributed by atoms with Gasteiger partial charge < -0.3 is 11.1 Å². The van der Waals surface area contributed by atoms with Crippen molar-refractivity contribution in [2.75, 3.05) is 6.54 Å². The Hall–Kier alpha value is -2.71. The number of benzene rings is 2. The summed E-state index contributed by atoms with van der Waals surface area (Å²) in [5.41, 5.74) is 7.85. The van der Waals surface area contributed by atoms with Crippen molar-refractivity contribution in [1.82, 2.24) is 10.0 Å². The van der Waals surface area contributed by atoms with Gasteiger partial charge in [0.15, 0.2) is 0 Å². The van der Waals surface area contributed by atoms with Crippen LogP contribution in [0, 0.1) is 11.3 Å². The SMILES string of the molecule is CCCc1ccc(S(=O)(=O)N[C@@H](Cc2cccc(C(=N)N)c2)C(=O)NCC(C)C)cc1. The van der Waals surface area contributed by atoms with E-state index in [0.29, 0.717) is 17.7 Å². The first-order chi connectivity index (χ1) is 14.6. The van der Waals surface area contributed by atoms with Crippen molar-refractivity contribution in [2.24, 2.45) is 11.7 Å². The molecular formula is C23H32N4O3S. The lowest BCUT2D eigenvalue weighted by atomic mass is 10.0. The zero-order valence-corrected chi connectivity index (χ0v) is 19.1. The molecule has 168 valence electrons. The third-order valence-electron chi connectivity index (χ3n) is 4.75. The molecule has 0 aromatic heterocycles. The summed E-state index contributed by atoms with van der Waals surface area (Å²) in [5.74, 6) is -0.253. The Morgan fingerprint density at radius 1 is 1.10 bits per heavy atom. The van der Waals surface area contributed by atoms with Crippen LogP contribution >= 0.6 is 0 Å². The molecule has 0 aliphatic heterocycles. The highest BCUT2D eigenvalue weighted by Gasteiger charge is 2.26. The molecule has 0 radical (unpaired) electrons. The number of rotatable bonds is 11. The van der Waals surface area contributed by atoms with Gasteiger partial charge in [-0.05, 0) is 48.1 Å². The summed E-state index contributed by atoms with van der Waals surface area (Å²) < 4.78 is 28.5. The van der Waals surface area contributed by atoms with Gasteiger partial charge in [0.2, 0.25) is 15.9 Å². The van der Waals surface area contributed by atoms with Crippen molar-refractivity contribution in [3.8, 4) is 0 Å². The van der Waals surface area contributed by atoms with Gasteiger partial charge in [-0.1, -0.05) is 57.5 Å². The van der Waals surface area contributed by atoms with Crippen LogP contribution < -0.4 is 15.8 Å². The number of sulfonamides is 1. The van der Waals surface area contributed by atoms with E-state index in [9.17, 15) is 13.2 Å². The first kappa shape index (κ1) is 24.6. The summed E-state index contributed by atoms with van der Waals surface area (Å²) in [6, 6.07) is 12.6. The number of carbonyl (C=O) groups excluding carboxylic acids is 1. The number of amidine groups is 1. The Morgan fingerprint density at radius 3 is 2.35 bits per heavy atom. The minimum atomic E-state index is -3.90. The summed E-state index contributed by atoms with van der Waals surface area (Å²) in [7, 11) is -3.90. The molecule has 0 saturated carbocycles. The molecule has 0 aliphatic carbocycles. The number of carbonyl (C=O) groups is 1. The van der Waals surface area contributed by atoms with Crippen LogP contribution in [0.3, 0.4) is 0 Å². The van der Waals surface area contributed by atoms with Crippen molar-refractivity contribution in [3.63, 3.8) is 0 Å². The highest BCUT2D eigenvalue weighted by molar-refractivity contribution is 7.89. The average Bonchev–Trinajstić information content (AvgIpc) is 2.72. The lowest BCUT2D eigenvalue weighted by Gasteiger charge is -2.20. The van der Waals surface area contributed by atoms with Crippen LogP contribution in [-0.2, 0) is 27.7 Å². The molecule has 0 bridgehead atoms. The molecular weight excluding hydrogens is 412 g/mol. The van der Waals surface area contributed by atoms with Gasteiger partial charge in [0.1, 0.15) is 11.9 Å². The number of nitrogens with one attached hydrogen (secondary N) is 3.